The molecule has 2 aliphatic heterocycles. The van der Waals surface area contributed by atoms with E-state index in [1.807, 2.05) is 41.3 Å². The average molecular weight is 432 g/mol. The maximum Gasteiger partial charge on any atom is 0.246 e. The summed E-state index contributed by atoms with van der Waals surface area (Å²) in [5.41, 5.74) is 3.13. The van der Waals surface area contributed by atoms with E-state index in [9.17, 15) is 9.59 Å². The Hall–Kier alpha value is -3.08. The fraction of sp³-hybridized carbons (Fsp3) is 0.407. The first-order valence-electron chi connectivity index (χ1n) is 11.9. The Balaban J connectivity index is 1.25. The number of likely N-dealkylation sites (tertiary alicyclic amines) is 1. The van der Waals surface area contributed by atoms with E-state index in [0.29, 0.717) is 25.9 Å². The topological polar surface area (TPSA) is 52.7 Å². The van der Waals surface area contributed by atoms with Gasteiger partial charge >= 0.3 is 0 Å². The minimum absolute atomic E-state index is 0.0171. The number of amides is 2. The zero-order chi connectivity index (χ0) is 22.2. The third-order valence-electron chi connectivity index (χ3n) is 6.50. The second kappa shape index (κ2) is 11.0. The molecular formula is C27H33N3O2. The molecule has 0 spiro atoms. The van der Waals surface area contributed by atoms with Crippen LogP contribution in [0.15, 0.2) is 60.7 Å². The summed E-state index contributed by atoms with van der Waals surface area (Å²) < 4.78 is 0. The van der Waals surface area contributed by atoms with Gasteiger partial charge in [-0.15, -0.1) is 0 Å². The first-order chi connectivity index (χ1) is 15.7. The molecule has 2 aromatic carbocycles. The summed E-state index contributed by atoms with van der Waals surface area (Å²) in [6, 6.07) is 18.0. The van der Waals surface area contributed by atoms with Crippen LogP contribution in [0.5, 0.6) is 0 Å². The Morgan fingerprint density at radius 1 is 0.812 bits per heavy atom. The average Bonchev–Trinajstić information content (AvgIpc) is 3.13. The smallest absolute Gasteiger partial charge is 0.246 e. The van der Waals surface area contributed by atoms with Crippen LogP contribution in [0.4, 0.5) is 11.4 Å². The van der Waals surface area contributed by atoms with E-state index in [4.69, 9.17) is 0 Å². The molecule has 2 saturated heterocycles. The molecule has 5 nitrogen and oxygen atoms in total. The number of benzene rings is 2. The van der Waals surface area contributed by atoms with Crippen molar-refractivity contribution in [2.45, 2.75) is 38.5 Å². The highest BCUT2D eigenvalue weighted by atomic mass is 16.2. The van der Waals surface area contributed by atoms with Gasteiger partial charge in [0.05, 0.1) is 0 Å². The van der Waals surface area contributed by atoms with E-state index in [2.05, 4.69) is 34.5 Å². The molecule has 0 unspecified atom stereocenters. The van der Waals surface area contributed by atoms with E-state index >= 15 is 0 Å². The monoisotopic (exact) mass is 431 g/mol. The van der Waals surface area contributed by atoms with Crippen LogP contribution in [0, 0.1) is 5.92 Å². The molecule has 2 aliphatic rings. The van der Waals surface area contributed by atoms with Crippen LogP contribution in [0.1, 0.15) is 44.1 Å². The van der Waals surface area contributed by atoms with Gasteiger partial charge in [0.1, 0.15) is 0 Å². The number of hydrogen-bond donors (Lipinski definition) is 1. The fourth-order valence-electron chi connectivity index (χ4n) is 4.53. The lowest BCUT2D eigenvalue weighted by Gasteiger charge is -2.30. The minimum atomic E-state index is -0.0465. The van der Waals surface area contributed by atoms with E-state index in [-0.39, 0.29) is 17.7 Å². The number of nitrogens with zero attached hydrogens (tertiary/aromatic N) is 2. The summed E-state index contributed by atoms with van der Waals surface area (Å²) in [5, 5.41) is 2.97. The Labute approximate surface area is 191 Å². The van der Waals surface area contributed by atoms with Crippen molar-refractivity contribution in [2.24, 2.45) is 5.92 Å². The molecule has 5 heteroatoms. The number of carbonyl (C=O) groups excluding carboxylic acids is 2. The van der Waals surface area contributed by atoms with E-state index in [0.717, 1.165) is 24.3 Å². The summed E-state index contributed by atoms with van der Waals surface area (Å²) in [4.78, 5) is 29.4. The van der Waals surface area contributed by atoms with E-state index in [1.165, 1.54) is 31.4 Å². The molecule has 2 heterocycles. The standard InChI is InChI=1S/C27H33N3O2/c31-26(15-12-22-10-13-25(14-11-22)29-18-6-1-2-7-19-29)30-20-16-23(17-21-30)27(32)28-24-8-4-3-5-9-24/h3-5,8-15,23H,1-2,6-7,16-21H2,(H,28,32). The van der Waals surface area contributed by atoms with Crippen LogP contribution in [0.25, 0.3) is 6.08 Å². The first-order valence-corrected chi connectivity index (χ1v) is 11.9. The molecule has 0 atom stereocenters. The number of piperidine rings is 1. The molecule has 0 aromatic heterocycles. The van der Waals surface area contributed by atoms with Gasteiger partial charge in [-0.1, -0.05) is 43.2 Å². The molecule has 2 fully saturated rings. The van der Waals surface area contributed by atoms with Crippen molar-refractivity contribution in [1.82, 2.24) is 4.90 Å². The van der Waals surface area contributed by atoms with E-state index < -0.39 is 0 Å². The number of carbonyl (C=O) groups is 2. The summed E-state index contributed by atoms with van der Waals surface area (Å²) in [6.07, 6.45) is 10.1. The van der Waals surface area contributed by atoms with Gasteiger partial charge in [0.25, 0.3) is 0 Å². The molecule has 0 aliphatic carbocycles. The van der Waals surface area contributed by atoms with Gasteiger partial charge in [-0.2, -0.15) is 0 Å². The maximum absolute atomic E-state index is 12.6. The van der Waals surface area contributed by atoms with Crippen LogP contribution in [0.3, 0.4) is 0 Å². The number of anilines is 2. The van der Waals surface area contributed by atoms with Crippen molar-refractivity contribution in [2.75, 3.05) is 36.4 Å². The summed E-state index contributed by atoms with van der Waals surface area (Å²) in [7, 11) is 0. The predicted molar refractivity (Wildman–Crippen MR) is 131 cm³/mol. The molecule has 168 valence electrons. The van der Waals surface area contributed by atoms with Gasteiger partial charge in [-0.05, 0) is 61.6 Å². The molecule has 4 rings (SSSR count). The summed E-state index contributed by atoms with van der Waals surface area (Å²) in [6.45, 7) is 3.49. The van der Waals surface area contributed by atoms with E-state index in [1.54, 1.807) is 6.08 Å². The van der Waals surface area contributed by atoms with Crippen molar-refractivity contribution in [1.29, 1.82) is 0 Å². The van der Waals surface area contributed by atoms with Crippen LogP contribution in [-0.4, -0.2) is 42.9 Å². The largest absolute Gasteiger partial charge is 0.372 e. The maximum atomic E-state index is 12.6. The summed E-state index contributed by atoms with van der Waals surface area (Å²) >= 11 is 0. The number of rotatable bonds is 5. The van der Waals surface area contributed by atoms with Crippen molar-refractivity contribution in [3.05, 3.63) is 66.2 Å². The summed E-state index contributed by atoms with van der Waals surface area (Å²) in [5.74, 6) is 0.0154. The van der Waals surface area contributed by atoms with Gasteiger partial charge in [0.15, 0.2) is 0 Å². The van der Waals surface area contributed by atoms with Crippen molar-refractivity contribution in [3.63, 3.8) is 0 Å². The Morgan fingerprint density at radius 2 is 1.47 bits per heavy atom. The lowest BCUT2D eigenvalue weighted by Crippen LogP contribution is -2.40. The molecular weight excluding hydrogens is 398 g/mol. The third kappa shape index (κ3) is 6.00. The Morgan fingerprint density at radius 3 is 2.12 bits per heavy atom. The van der Waals surface area contributed by atoms with Gasteiger partial charge < -0.3 is 15.1 Å². The van der Waals surface area contributed by atoms with Gasteiger partial charge in [-0.25, -0.2) is 0 Å². The number of para-hydroxylation sites is 1. The molecule has 2 aromatic rings. The molecule has 2 amide bonds. The first kappa shape index (κ1) is 22.1. The highest BCUT2D eigenvalue weighted by Gasteiger charge is 2.26. The molecule has 0 saturated carbocycles. The highest BCUT2D eigenvalue weighted by molar-refractivity contribution is 5.94. The SMILES string of the molecule is O=C(Nc1ccccc1)C1CCN(C(=O)C=Cc2ccc(N3CCCCCC3)cc2)CC1. The molecule has 1 N–H and O–H groups in total. The van der Waals surface area contributed by atoms with Gasteiger partial charge in [0.2, 0.25) is 11.8 Å². The minimum Gasteiger partial charge on any atom is -0.372 e. The van der Waals surface area contributed by atoms with Crippen LogP contribution in [0.2, 0.25) is 0 Å². The van der Waals surface area contributed by atoms with Gasteiger partial charge in [-0.3, -0.25) is 9.59 Å². The third-order valence-corrected chi connectivity index (χ3v) is 6.50. The predicted octanol–water partition coefficient (Wildman–Crippen LogP) is 4.96. The second-order valence-electron chi connectivity index (χ2n) is 8.78. The number of hydrogen-bond acceptors (Lipinski definition) is 3. The zero-order valence-corrected chi connectivity index (χ0v) is 18.7. The molecule has 0 bridgehead atoms. The quantitative estimate of drug-likeness (QED) is 0.681. The highest BCUT2D eigenvalue weighted by Crippen LogP contribution is 2.22. The second-order valence-corrected chi connectivity index (χ2v) is 8.78. The zero-order valence-electron chi connectivity index (χ0n) is 18.7. The number of nitrogens with one attached hydrogen (secondary N) is 1. The lowest BCUT2D eigenvalue weighted by molar-refractivity contribution is -0.130. The fourth-order valence-corrected chi connectivity index (χ4v) is 4.53. The Bertz CT molecular complexity index is 908. The van der Waals surface area contributed by atoms with Crippen molar-refractivity contribution >= 4 is 29.3 Å². The molecule has 32 heavy (non-hydrogen) atoms. The van der Waals surface area contributed by atoms with Crippen LogP contribution in [-0.2, 0) is 9.59 Å². The van der Waals surface area contributed by atoms with Crippen LogP contribution >= 0.6 is 0 Å². The molecule has 0 radical (unpaired) electrons. The lowest BCUT2D eigenvalue weighted by atomic mass is 9.95. The van der Waals surface area contributed by atoms with Crippen molar-refractivity contribution in [3.8, 4) is 0 Å². The van der Waals surface area contributed by atoms with Crippen molar-refractivity contribution < 1.29 is 9.59 Å². The van der Waals surface area contributed by atoms with Crippen LogP contribution < -0.4 is 10.2 Å². The normalized spacial score (nSPS) is 17.9. The Kier molecular flexibility index (Phi) is 7.59. The van der Waals surface area contributed by atoms with Gasteiger partial charge in [0, 0.05) is 49.5 Å².